The van der Waals surface area contributed by atoms with Crippen molar-refractivity contribution in [3.05, 3.63) is 62.5 Å². The van der Waals surface area contributed by atoms with Gasteiger partial charge in [0, 0.05) is 35.1 Å². The molecule has 0 spiro atoms. The maximum Gasteiger partial charge on any atom is 0.338 e. The number of Topliss-reactive ketones (excluding diaryl/α,β-unsaturated/α-hetero) is 1. The van der Waals surface area contributed by atoms with Crippen LogP contribution in [0.4, 0.5) is 5.69 Å². The molecule has 1 aliphatic rings. The third-order valence-electron chi connectivity index (χ3n) is 4.91. The Morgan fingerprint density at radius 1 is 1.07 bits per heavy atom. The normalized spacial score (nSPS) is 13.0. The summed E-state index contributed by atoms with van der Waals surface area (Å²) in [5, 5.41) is 11.1. The third kappa shape index (κ3) is 4.40. The lowest BCUT2D eigenvalue weighted by atomic mass is 10.1. The van der Waals surface area contributed by atoms with Crippen LogP contribution >= 0.6 is 0 Å². The molecule has 0 aliphatic heterocycles. The van der Waals surface area contributed by atoms with E-state index in [0.29, 0.717) is 11.6 Å². The summed E-state index contributed by atoms with van der Waals surface area (Å²) in [7, 11) is 0. The lowest BCUT2D eigenvalue weighted by molar-refractivity contribution is -0.384. The van der Waals surface area contributed by atoms with Crippen LogP contribution in [0.25, 0.3) is 0 Å². The molecule has 9 heteroatoms. The van der Waals surface area contributed by atoms with Crippen molar-refractivity contribution in [2.75, 3.05) is 13.2 Å². The molecule has 0 amide bonds. The van der Waals surface area contributed by atoms with Gasteiger partial charge in [0.25, 0.3) is 5.69 Å². The Hall–Kier alpha value is -3.49. The van der Waals surface area contributed by atoms with Crippen LogP contribution in [-0.2, 0) is 9.47 Å². The van der Waals surface area contributed by atoms with Gasteiger partial charge in [0.1, 0.15) is 0 Å². The standard InChI is InChI=1S/C21H22N2O7/c1-4-29-20(25)14-8-15(10-17(9-14)23(27)28)21(26)30-11-19(24)18-7-12(2)22(13(18)3)16-5-6-16/h7-10,16H,4-6,11H2,1-3H3. The SMILES string of the molecule is CCOC(=O)c1cc(C(=O)OCC(=O)c2cc(C)n(C3CC3)c2C)cc([N+](=O)[O-])c1. The number of hydrogen-bond acceptors (Lipinski definition) is 7. The summed E-state index contributed by atoms with van der Waals surface area (Å²) in [6.45, 7) is 4.94. The minimum atomic E-state index is -0.936. The van der Waals surface area contributed by atoms with Crippen molar-refractivity contribution in [2.45, 2.75) is 39.7 Å². The van der Waals surface area contributed by atoms with Gasteiger partial charge in [0.15, 0.2) is 6.61 Å². The van der Waals surface area contributed by atoms with Gasteiger partial charge in [-0.15, -0.1) is 0 Å². The van der Waals surface area contributed by atoms with Crippen LogP contribution in [0, 0.1) is 24.0 Å². The molecule has 0 unspecified atom stereocenters. The van der Waals surface area contributed by atoms with Crippen LogP contribution in [0.15, 0.2) is 24.3 Å². The van der Waals surface area contributed by atoms with E-state index in [2.05, 4.69) is 4.57 Å². The van der Waals surface area contributed by atoms with Crippen LogP contribution in [0.1, 0.15) is 68.3 Å². The lowest BCUT2D eigenvalue weighted by Gasteiger charge is -2.08. The summed E-state index contributed by atoms with van der Waals surface area (Å²) >= 11 is 0. The number of hydrogen-bond donors (Lipinski definition) is 0. The second-order valence-electron chi connectivity index (χ2n) is 7.13. The molecular weight excluding hydrogens is 392 g/mol. The zero-order valence-electron chi connectivity index (χ0n) is 17.0. The Morgan fingerprint density at radius 2 is 1.67 bits per heavy atom. The zero-order chi connectivity index (χ0) is 22.0. The number of ether oxygens (including phenoxy) is 2. The van der Waals surface area contributed by atoms with Gasteiger partial charge in [0.2, 0.25) is 5.78 Å². The van der Waals surface area contributed by atoms with Crippen molar-refractivity contribution >= 4 is 23.4 Å². The van der Waals surface area contributed by atoms with Gasteiger partial charge in [0.05, 0.1) is 22.7 Å². The number of rotatable bonds is 8. The molecule has 0 radical (unpaired) electrons. The highest BCUT2D eigenvalue weighted by Gasteiger charge is 2.28. The number of nitrogens with zero attached hydrogens (tertiary/aromatic N) is 2. The third-order valence-corrected chi connectivity index (χ3v) is 4.91. The van der Waals surface area contributed by atoms with Gasteiger partial charge >= 0.3 is 11.9 Å². The van der Waals surface area contributed by atoms with Crippen LogP contribution in [0.5, 0.6) is 0 Å². The average molecular weight is 414 g/mol. The molecule has 1 saturated carbocycles. The predicted molar refractivity (Wildman–Crippen MR) is 106 cm³/mol. The maximum absolute atomic E-state index is 12.6. The van der Waals surface area contributed by atoms with E-state index in [0.717, 1.165) is 42.4 Å². The van der Waals surface area contributed by atoms with Gasteiger partial charge in [-0.3, -0.25) is 14.9 Å². The molecule has 0 saturated heterocycles. The molecule has 1 aromatic carbocycles. The fraction of sp³-hybridized carbons (Fsp3) is 0.381. The lowest BCUT2D eigenvalue weighted by Crippen LogP contribution is -2.16. The summed E-state index contributed by atoms with van der Waals surface area (Å²) < 4.78 is 12.0. The molecule has 30 heavy (non-hydrogen) atoms. The van der Waals surface area contributed by atoms with Gasteiger partial charge in [-0.05, 0) is 45.7 Å². The number of aryl methyl sites for hydroxylation is 1. The van der Waals surface area contributed by atoms with Gasteiger partial charge in [-0.1, -0.05) is 0 Å². The van der Waals surface area contributed by atoms with E-state index >= 15 is 0 Å². The summed E-state index contributed by atoms with van der Waals surface area (Å²) in [5.74, 6) is -2.09. The Kier molecular flexibility index (Phi) is 6.00. The highest BCUT2D eigenvalue weighted by atomic mass is 16.6. The molecule has 158 valence electrons. The second-order valence-corrected chi connectivity index (χ2v) is 7.13. The maximum atomic E-state index is 12.6. The quantitative estimate of drug-likeness (QED) is 0.280. The molecule has 0 N–H and O–H groups in total. The van der Waals surface area contributed by atoms with E-state index in [1.54, 1.807) is 13.0 Å². The summed E-state index contributed by atoms with van der Waals surface area (Å²) in [4.78, 5) is 47.3. The number of ketones is 1. The average Bonchev–Trinajstić information content (AvgIpc) is 3.50. The van der Waals surface area contributed by atoms with Gasteiger partial charge < -0.3 is 14.0 Å². The summed E-state index contributed by atoms with van der Waals surface area (Å²) in [5.41, 5.74) is 1.49. The van der Waals surface area contributed by atoms with Crippen LogP contribution in [0.2, 0.25) is 0 Å². The molecule has 1 aromatic heterocycles. The Bertz CT molecular complexity index is 1030. The molecule has 1 fully saturated rings. The van der Waals surface area contributed by atoms with Crippen molar-refractivity contribution in [1.29, 1.82) is 0 Å². The molecule has 1 aliphatic carbocycles. The Labute approximate surface area is 172 Å². The van der Waals surface area contributed by atoms with Crippen molar-refractivity contribution in [2.24, 2.45) is 0 Å². The van der Waals surface area contributed by atoms with E-state index in [4.69, 9.17) is 9.47 Å². The molecule has 3 rings (SSSR count). The van der Waals surface area contributed by atoms with Crippen molar-refractivity contribution < 1.29 is 28.8 Å². The Balaban J connectivity index is 1.76. The predicted octanol–water partition coefficient (Wildman–Crippen LogP) is 3.56. The van der Waals surface area contributed by atoms with E-state index in [1.165, 1.54) is 0 Å². The van der Waals surface area contributed by atoms with E-state index in [1.807, 2.05) is 13.8 Å². The molecule has 1 heterocycles. The van der Waals surface area contributed by atoms with Crippen LogP contribution in [-0.4, -0.2) is 40.4 Å². The number of non-ortho nitro benzene ring substituents is 1. The molecular formula is C21H22N2O7. The van der Waals surface area contributed by atoms with E-state index < -0.39 is 29.2 Å². The van der Waals surface area contributed by atoms with Gasteiger partial charge in [-0.2, -0.15) is 0 Å². The smallest absolute Gasteiger partial charge is 0.338 e. The van der Waals surface area contributed by atoms with E-state index in [-0.39, 0.29) is 23.5 Å². The monoisotopic (exact) mass is 414 g/mol. The Morgan fingerprint density at radius 3 is 2.20 bits per heavy atom. The fourth-order valence-corrected chi connectivity index (χ4v) is 3.41. The van der Waals surface area contributed by atoms with E-state index in [9.17, 15) is 24.5 Å². The second kappa shape index (κ2) is 8.48. The number of esters is 2. The van der Waals surface area contributed by atoms with Crippen molar-refractivity contribution in [1.82, 2.24) is 4.57 Å². The summed E-state index contributed by atoms with van der Waals surface area (Å²) in [6.07, 6.45) is 2.16. The number of carbonyl (C=O) groups excluding carboxylic acids is 3. The molecule has 2 aromatic rings. The molecule has 0 atom stereocenters. The zero-order valence-corrected chi connectivity index (χ0v) is 17.0. The number of nitro groups is 1. The minimum absolute atomic E-state index is 0.0785. The first-order chi connectivity index (χ1) is 14.2. The number of aromatic nitrogens is 1. The first-order valence-electron chi connectivity index (χ1n) is 9.58. The highest BCUT2D eigenvalue weighted by Crippen LogP contribution is 2.38. The first-order valence-corrected chi connectivity index (χ1v) is 9.58. The van der Waals surface area contributed by atoms with Crippen LogP contribution < -0.4 is 0 Å². The molecule has 0 bridgehead atoms. The fourth-order valence-electron chi connectivity index (χ4n) is 3.41. The molecule has 9 nitrogen and oxygen atoms in total. The van der Waals surface area contributed by atoms with Crippen LogP contribution in [0.3, 0.4) is 0 Å². The largest absolute Gasteiger partial charge is 0.462 e. The number of carbonyl (C=O) groups is 3. The first kappa shape index (κ1) is 21.2. The summed E-state index contributed by atoms with van der Waals surface area (Å²) in [6, 6.07) is 5.36. The number of nitro benzene ring substituents is 1. The van der Waals surface area contributed by atoms with Crippen molar-refractivity contribution in [3.63, 3.8) is 0 Å². The van der Waals surface area contributed by atoms with Gasteiger partial charge in [-0.25, -0.2) is 9.59 Å². The topological polar surface area (TPSA) is 118 Å². The minimum Gasteiger partial charge on any atom is -0.462 e. The van der Waals surface area contributed by atoms with Crippen molar-refractivity contribution in [3.8, 4) is 0 Å². The number of benzene rings is 1. The highest BCUT2D eigenvalue weighted by molar-refractivity contribution is 6.01.